The molecule has 0 radical (unpaired) electrons. The highest BCUT2D eigenvalue weighted by Gasteiger charge is 2.17. The highest BCUT2D eigenvalue weighted by Crippen LogP contribution is 2.38. The molecule has 1 unspecified atom stereocenters. The van der Waals surface area contributed by atoms with Gasteiger partial charge in [-0.15, -0.1) is 11.6 Å². The van der Waals surface area contributed by atoms with Gasteiger partial charge in [0.25, 0.3) is 0 Å². The molecular weight excluding hydrogens is 274 g/mol. The van der Waals surface area contributed by atoms with Gasteiger partial charge in [0.05, 0.1) is 19.6 Å². The first kappa shape index (κ1) is 14.7. The molecule has 2 rings (SSSR count). The van der Waals surface area contributed by atoms with Crippen LogP contribution >= 0.6 is 11.6 Å². The molecule has 3 nitrogen and oxygen atoms in total. The molecule has 2 aromatic rings. The summed E-state index contributed by atoms with van der Waals surface area (Å²) in [5.74, 6) is 1.37. The van der Waals surface area contributed by atoms with Gasteiger partial charge >= 0.3 is 0 Å². The largest absolute Gasteiger partial charge is 0.493 e. The van der Waals surface area contributed by atoms with Crippen molar-refractivity contribution < 1.29 is 9.47 Å². The molecule has 0 N–H and O–H groups in total. The molecule has 0 saturated carbocycles. The lowest BCUT2D eigenvalue weighted by Gasteiger charge is -2.16. The molecule has 1 atom stereocenters. The van der Waals surface area contributed by atoms with E-state index in [1.54, 1.807) is 14.2 Å². The van der Waals surface area contributed by atoms with E-state index in [1.165, 1.54) is 0 Å². The summed E-state index contributed by atoms with van der Waals surface area (Å²) in [5, 5.41) is -0.213. The van der Waals surface area contributed by atoms with Gasteiger partial charge in [0.2, 0.25) is 0 Å². The minimum atomic E-state index is -0.213. The quantitative estimate of drug-likeness (QED) is 0.782. The number of methoxy groups -OCH3 is 2. The molecule has 0 amide bonds. The molecule has 0 aliphatic rings. The average molecular weight is 292 g/mol. The number of aromatic nitrogens is 1. The number of hydrogen-bond donors (Lipinski definition) is 0. The normalized spacial score (nSPS) is 12.0. The molecule has 1 aromatic heterocycles. The fraction of sp³-hybridized carbons (Fsp3) is 0.312. The number of aryl methyl sites for hydroxylation is 1. The number of alkyl halides is 1. The van der Waals surface area contributed by atoms with E-state index in [9.17, 15) is 0 Å². The van der Waals surface area contributed by atoms with Crippen LogP contribution in [0.2, 0.25) is 0 Å². The first-order valence-electron chi connectivity index (χ1n) is 6.42. The summed E-state index contributed by atoms with van der Waals surface area (Å²) in [5.41, 5.74) is 3.01. The van der Waals surface area contributed by atoms with Gasteiger partial charge in [-0.2, -0.15) is 0 Å². The summed E-state index contributed by atoms with van der Waals surface area (Å²) in [6.07, 6.45) is 2.49. The lowest BCUT2D eigenvalue weighted by Crippen LogP contribution is -2.02. The Balaban J connectivity index is 2.24. The first-order chi connectivity index (χ1) is 9.65. The smallest absolute Gasteiger partial charge is 0.165 e. The van der Waals surface area contributed by atoms with E-state index in [2.05, 4.69) is 4.98 Å². The maximum Gasteiger partial charge on any atom is 0.165 e. The van der Waals surface area contributed by atoms with Crippen LogP contribution in [0.1, 0.15) is 22.2 Å². The van der Waals surface area contributed by atoms with Crippen molar-refractivity contribution in [2.75, 3.05) is 14.2 Å². The number of ether oxygens (including phenoxy) is 2. The molecule has 20 heavy (non-hydrogen) atoms. The molecular formula is C16H18ClNO2. The van der Waals surface area contributed by atoms with Gasteiger partial charge < -0.3 is 9.47 Å². The zero-order valence-electron chi connectivity index (χ0n) is 11.9. The first-order valence-corrected chi connectivity index (χ1v) is 6.86. The van der Waals surface area contributed by atoms with Crippen molar-refractivity contribution >= 4 is 11.6 Å². The molecule has 1 aromatic carbocycles. The van der Waals surface area contributed by atoms with Crippen LogP contribution in [0, 0.1) is 6.92 Å². The van der Waals surface area contributed by atoms with Crippen molar-refractivity contribution in [1.29, 1.82) is 0 Å². The van der Waals surface area contributed by atoms with Crippen molar-refractivity contribution in [1.82, 2.24) is 4.98 Å². The Bertz CT molecular complexity index is 569. The van der Waals surface area contributed by atoms with Gasteiger partial charge in [-0.3, -0.25) is 4.98 Å². The fourth-order valence-electron chi connectivity index (χ4n) is 2.07. The lowest BCUT2D eigenvalue weighted by molar-refractivity contribution is 0.351. The van der Waals surface area contributed by atoms with Gasteiger partial charge in [-0.05, 0) is 24.6 Å². The fourth-order valence-corrected chi connectivity index (χ4v) is 2.40. The predicted octanol–water partition coefficient (Wildman–Crippen LogP) is 3.93. The number of pyridine rings is 1. The topological polar surface area (TPSA) is 31.4 Å². The standard InChI is InChI=1S/C16H18ClNO2/c1-11-7-8-12(18-10-11)9-14(17)13-5-4-6-15(19-2)16(13)20-3/h4-8,10,14H,9H2,1-3H3. The third kappa shape index (κ3) is 3.23. The highest BCUT2D eigenvalue weighted by molar-refractivity contribution is 6.21. The number of para-hydroxylation sites is 1. The number of halogens is 1. The Labute approximate surface area is 124 Å². The van der Waals surface area contributed by atoms with Crippen LogP contribution in [-0.2, 0) is 6.42 Å². The molecule has 4 heteroatoms. The molecule has 0 fully saturated rings. The number of hydrogen-bond acceptors (Lipinski definition) is 3. The number of rotatable bonds is 5. The summed E-state index contributed by atoms with van der Waals surface area (Å²) in [6.45, 7) is 2.01. The minimum absolute atomic E-state index is 0.213. The molecule has 0 bridgehead atoms. The molecule has 0 aliphatic heterocycles. The van der Waals surface area contributed by atoms with Crippen molar-refractivity contribution in [3.63, 3.8) is 0 Å². The average Bonchev–Trinajstić information content (AvgIpc) is 2.48. The van der Waals surface area contributed by atoms with E-state index in [0.717, 1.165) is 16.8 Å². The van der Waals surface area contributed by atoms with Crippen molar-refractivity contribution in [2.45, 2.75) is 18.7 Å². The van der Waals surface area contributed by atoms with E-state index >= 15 is 0 Å². The summed E-state index contributed by atoms with van der Waals surface area (Å²) in [6, 6.07) is 9.75. The second kappa shape index (κ2) is 6.62. The van der Waals surface area contributed by atoms with Crippen molar-refractivity contribution in [2.24, 2.45) is 0 Å². The van der Waals surface area contributed by atoms with Crippen LogP contribution in [0.3, 0.4) is 0 Å². The molecule has 1 heterocycles. The lowest BCUT2D eigenvalue weighted by atomic mass is 10.1. The summed E-state index contributed by atoms with van der Waals surface area (Å²) in [4.78, 5) is 4.39. The Hall–Kier alpha value is -1.74. The second-order valence-corrected chi connectivity index (χ2v) is 5.11. The molecule has 0 saturated heterocycles. The van der Waals surface area contributed by atoms with Gasteiger partial charge in [0.15, 0.2) is 11.5 Å². The van der Waals surface area contributed by atoms with E-state index < -0.39 is 0 Å². The summed E-state index contributed by atoms with van der Waals surface area (Å²) < 4.78 is 10.7. The SMILES string of the molecule is COc1cccc(C(Cl)Cc2ccc(C)cn2)c1OC. The number of benzene rings is 1. The Morgan fingerprint density at radius 2 is 1.95 bits per heavy atom. The predicted molar refractivity (Wildman–Crippen MR) is 80.8 cm³/mol. The third-order valence-corrected chi connectivity index (χ3v) is 3.52. The van der Waals surface area contributed by atoms with Crippen LogP contribution in [0.4, 0.5) is 0 Å². The maximum absolute atomic E-state index is 6.52. The monoisotopic (exact) mass is 291 g/mol. The van der Waals surface area contributed by atoms with E-state index in [1.807, 2.05) is 43.5 Å². The van der Waals surface area contributed by atoms with Crippen molar-refractivity contribution in [3.8, 4) is 11.5 Å². The minimum Gasteiger partial charge on any atom is -0.493 e. The van der Waals surface area contributed by atoms with Crippen LogP contribution in [-0.4, -0.2) is 19.2 Å². The van der Waals surface area contributed by atoms with E-state index in [4.69, 9.17) is 21.1 Å². The summed E-state index contributed by atoms with van der Waals surface area (Å²) >= 11 is 6.52. The third-order valence-electron chi connectivity index (χ3n) is 3.13. The molecule has 0 spiro atoms. The number of nitrogens with zero attached hydrogens (tertiary/aromatic N) is 1. The van der Waals surface area contributed by atoms with Crippen LogP contribution in [0.25, 0.3) is 0 Å². The zero-order chi connectivity index (χ0) is 14.5. The van der Waals surface area contributed by atoms with Crippen LogP contribution in [0.15, 0.2) is 36.5 Å². The Kier molecular flexibility index (Phi) is 4.85. The Morgan fingerprint density at radius 3 is 2.55 bits per heavy atom. The molecule has 0 aliphatic carbocycles. The van der Waals surface area contributed by atoms with Crippen LogP contribution < -0.4 is 9.47 Å². The molecule has 106 valence electrons. The zero-order valence-corrected chi connectivity index (χ0v) is 12.6. The van der Waals surface area contributed by atoms with Gasteiger partial charge in [0.1, 0.15) is 0 Å². The van der Waals surface area contributed by atoms with Crippen molar-refractivity contribution in [3.05, 3.63) is 53.3 Å². The summed E-state index contributed by atoms with van der Waals surface area (Å²) in [7, 11) is 3.24. The Morgan fingerprint density at radius 1 is 1.15 bits per heavy atom. The van der Waals surface area contributed by atoms with Gasteiger partial charge in [-0.25, -0.2) is 0 Å². The second-order valence-electron chi connectivity index (χ2n) is 4.58. The van der Waals surface area contributed by atoms with Gasteiger partial charge in [-0.1, -0.05) is 18.2 Å². The van der Waals surface area contributed by atoms with E-state index in [0.29, 0.717) is 17.9 Å². The van der Waals surface area contributed by atoms with Gasteiger partial charge in [0, 0.05) is 23.9 Å². The highest BCUT2D eigenvalue weighted by atomic mass is 35.5. The van der Waals surface area contributed by atoms with Crippen LogP contribution in [0.5, 0.6) is 11.5 Å². The van der Waals surface area contributed by atoms with E-state index in [-0.39, 0.29) is 5.38 Å². The maximum atomic E-state index is 6.52.